The van der Waals surface area contributed by atoms with Crippen LogP contribution in [0.1, 0.15) is 11.4 Å². The van der Waals surface area contributed by atoms with Crippen molar-refractivity contribution in [3.8, 4) is 0 Å². The lowest BCUT2D eigenvalue weighted by atomic mass is 10.2. The first-order chi connectivity index (χ1) is 5.95. The SMILES string of the molecule is c1ccc(Cc2cocn2)nc1. The quantitative estimate of drug-likeness (QED) is 0.670. The summed E-state index contributed by atoms with van der Waals surface area (Å²) in [5.74, 6) is 0. The third-order valence-corrected chi connectivity index (χ3v) is 1.57. The zero-order chi connectivity index (χ0) is 8.23. The van der Waals surface area contributed by atoms with Crippen LogP contribution in [0, 0.1) is 0 Å². The summed E-state index contributed by atoms with van der Waals surface area (Å²) in [4.78, 5) is 8.18. The van der Waals surface area contributed by atoms with E-state index >= 15 is 0 Å². The standard InChI is InChI=1S/C9H8N2O/c1-2-4-10-8(3-1)5-9-6-12-7-11-9/h1-4,6-7H,5H2. The average Bonchev–Trinajstić information content (AvgIpc) is 2.59. The van der Waals surface area contributed by atoms with E-state index in [1.165, 1.54) is 6.39 Å². The van der Waals surface area contributed by atoms with Crippen molar-refractivity contribution in [2.75, 3.05) is 0 Å². The Morgan fingerprint density at radius 1 is 1.17 bits per heavy atom. The van der Waals surface area contributed by atoms with Crippen LogP contribution in [0.15, 0.2) is 41.5 Å². The molecule has 0 bridgehead atoms. The average molecular weight is 160 g/mol. The molecule has 2 aromatic heterocycles. The molecule has 0 aliphatic rings. The van der Waals surface area contributed by atoms with Gasteiger partial charge in [0.1, 0.15) is 6.26 Å². The van der Waals surface area contributed by atoms with Crippen LogP contribution in [0.4, 0.5) is 0 Å². The number of oxazole rings is 1. The minimum Gasteiger partial charge on any atom is -0.451 e. The summed E-state index contributed by atoms with van der Waals surface area (Å²) >= 11 is 0. The fourth-order valence-electron chi connectivity index (χ4n) is 1.01. The lowest BCUT2D eigenvalue weighted by Gasteiger charge is -1.93. The molecule has 0 fully saturated rings. The molecule has 3 nitrogen and oxygen atoms in total. The van der Waals surface area contributed by atoms with Crippen molar-refractivity contribution in [3.05, 3.63) is 48.4 Å². The first-order valence-electron chi connectivity index (χ1n) is 3.72. The van der Waals surface area contributed by atoms with Crippen LogP contribution in [0.25, 0.3) is 0 Å². The zero-order valence-corrected chi connectivity index (χ0v) is 6.47. The van der Waals surface area contributed by atoms with Crippen molar-refractivity contribution in [1.82, 2.24) is 9.97 Å². The molecule has 0 amide bonds. The van der Waals surface area contributed by atoms with Crippen molar-refractivity contribution in [2.24, 2.45) is 0 Å². The Labute approximate surface area is 70.1 Å². The molecule has 12 heavy (non-hydrogen) atoms. The van der Waals surface area contributed by atoms with E-state index in [1.54, 1.807) is 12.5 Å². The smallest absolute Gasteiger partial charge is 0.180 e. The maximum absolute atomic E-state index is 4.85. The zero-order valence-electron chi connectivity index (χ0n) is 6.47. The molecule has 2 aromatic rings. The molecule has 2 rings (SSSR count). The minimum atomic E-state index is 0.733. The summed E-state index contributed by atoms with van der Waals surface area (Å²) in [7, 11) is 0. The van der Waals surface area contributed by atoms with E-state index < -0.39 is 0 Å². The van der Waals surface area contributed by atoms with Crippen molar-refractivity contribution < 1.29 is 4.42 Å². The molecule has 0 radical (unpaired) electrons. The number of nitrogens with zero attached hydrogens (tertiary/aromatic N) is 2. The first kappa shape index (κ1) is 7.03. The van der Waals surface area contributed by atoms with Gasteiger partial charge in [-0.15, -0.1) is 0 Å². The van der Waals surface area contributed by atoms with Gasteiger partial charge in [-0.05, 0) is 12.1 Å². The van der Waals surface area contributed by atoms with E-state index in [4.69, 9.17) is 4.42 Å². The molecular formula is C9H8N2O. The molecule has 0 spiro atoms. The monoisotopic (exact) mass is 160 g/mol. The Bertz CT molecular complexity index is 329. The van der Waals surface area contributed by atoms with Crippen molar-refractivity contribution in [2.45, 2.75) is 6.42 Å². The van der Waals surface area contributed by atoms with Gasteiger partial charge in [0.05, 0.1) is 5.69 Å². The van der Waals surface area contributed by atoms with Gasteiger partial charge in [-0.2, -0.15) is 0 Å². The highest BCUT2D eigenvalue weighted by atomic mass is 16.3. The van der Waals surface area contributed by atoms with E-state index in [1.807, 2.05) is 18.2 Å². The van der Waals surface area contributed by atoms with Crippen LogP contribution < -0.4 is 0 Å². The van der Waals surface area contributed by atoms with E-state index in [2.05, 4.69) is 9.97 Å². The molecule has 0 atom stereocenters. The van der Waals surface area contributed by atoms with Gasteiger partial charge in [-0.1, -0.05) is 6.07 Å². The third-order valence-electron chi connectivity index (χ3n) is 1.57. The van der Waals surface area contributed by atoms with Gasteiger partial charge in [0, 0.05) is 18.3 Å². The number of hydrogen-bond acceptors (Lipinski definition) is 3. The molecule has 0 aliphatic carbocycles. The van der Waals surface area contributed by atoms with E-state index in [0.29, 0.717) is 0 Å². The number of aromatic nitrogens is 2. The normalized spacial score (nSPS) is 10.0. The van der Waals surface area contributed by atoms with Gasteiger partial charge >= 0.3 is 0 Å². The van der Waals surface area contributed by atoms with Gasteiger partial charge in [-0.3, -0.25) is 4.98 Å². The molecular weight excluding hydrogens is 152 g/mol. The lowest BCUT2D eigenvalue weighted by Crippen LogP contribution is -1.90. The van der Waals surface area contributed by atoms with Crippen LogP contribution in [0.5, 0.6) is 0 Å². The van der Waals surface area contributed by atoms with Crippen molar-refractivity contribution in [3.63, 3.8) is 0 Å². The van der Waals surface area contributed by atoms with Crippen LogP contribution in [0.2, 0.25) is 0 Å². The summed E-state index contributed by atoms with van der Waals surface area (Å²) < 4.78 is 4.85. The van der Waals surface area contributed by atoms with Gasteiger partial charge in [0.25, 0.3) is 0 Å². The highest BCUT2D eigenvalue weighted by Gasteiger charge is 1.97. The molecule has 3 heteroatoms. The Morgan fingerprint density at radius 3 is 2.83 bits per heavy atom. The molecule has 0 N–H and O–H groups in total. The van der Waals surface area contributed by atoms with Crippen LogP contribution in [-0.2, 0) is 6.42 Å². The Hall–Kier alpha value is -1.64. The van der Waals surface area contributed by atoms with Crippen molar-refractivity contribution >= 4 is 0 Å². The summed E-state index contributed by atoms with van der Waals surface area (Å²) in [5, 5.41) is 0. The summed E-state index contributed by atoms with van der Waals surface area (Å²) in [6.45, 7) is 0. The molecule has 0 saturated heterocycles. The fourth-order valence-corrected chi connectivity index (χ4v) is 1.01. The van der Waals surface area contributed by atoms with Gasteiger partial charge in [0.2, 0.25) is 0 Å². The summed E-state index contributed by atoms with van der Waals surface area (Å²) in [6.07, 6.45) is 5.57. The Balaban J connectivity index is 2.15. The second-order valence-electron chi connectivity index (χ2n) is 2.48. The highest BCUT2D eigenvalue weighted by Crippen LogP contribution is 2.02. The maximum atomic E-state index is 4.85. The molecule has 0 unspecified atom stereocenters. The summed E-state index contributed by atoms with van der Waals surface area (Å²) in [5.41, 5.74) is 1.92. The fraction of sp³-hybridized carbons (Fsp3) is 0.111. The third kappa shape index (κ3) is 1.50. The van der Waals surface area contributed by atoms with Crippen LogP contribution in [-0.4, -0.2) is 9.97 Å². The number of hydrogen-bond donors (Lipinski definition) is 0. The van der Waals surface area contributed by atoms with Crippen LogP contribution >= 0.6 is 0 Å². The highest BCUT2D eigenvalue weighted by molar-refractivity contribution is 5.11. The largest absolute Gasteiger partial charge is 0.451 e. The lowest BCUT2D eigenvalue weighted by molar-refractivity contribution is 0.556. The Kier molecular flexibility index (Phi) is 1.86. The molecule has 0 saturated carbocycles. The Morgan fingerprint density at radius 2 is 2.17 bits per heavy atom. The molecule has 60 valence electrons. The first-order valence-corrected chi connectivity index (χ1v) is 3.72. The predicted octanol–water partition coefficient (Wildman–Crippen LogP) is 1.66. The molecule has 0 aromatic carbocycles. The van der Waals surface area contributed by atoms with Gasteiger partial charge < -0.3 is 4.42 Å². The van der Waals surface area contributed by atoms with E-state index in [-0.39, 0.29) is 0 Å². The van der Waals surface area contributed by atoms with Crippen molar-refractivity contribution in [1.29, 1.82) is 0 Å². The molecule has 2 heterocycles. The van der Waals surface area contributed by atoms with Gasteiger partial charge in [0.15, 0.2) is 6.39 Å². The minimum absolute atomic E-state index is 0.733. The predicted molar refractivity (Wildman–Crippen MR) is 43.5 cm³/mol. The van der Waals surface area contributed by atoms with E-state index in [9.17, 15) is 0 Å². The van der Waals surface area contributed by atoms with Crippen LogP contribution in [0.3, 0.4) is 0 Å². The topological polar surface area (TPSA) is 38.9 Å². The second kappa shape index (κ2) is 3.17. The summed E-state index contributed by atoms with van der Waals surface area (Å²) in [6, 6.07) is 5.82. The second-order valence-corrected chi connectivity index (χ2v) is 2.48. The number of rotatable bonds is 2. The van der Waals surface area contributed by atoms with E-state index in [0.717, 1.165) is 17.8 Å². The number of pyridine rings is 1. The molecule has 0 aliphatic heterocycles. The maximum Gasteiger partial charge on any atom is 0.180 e. The van der Waals surface area contributed by atoms with Gasteiger partial charge in [-0.25, -0.2) is 4.98 Å².